The molecule has 0 aliphatic carbocycles. The predicted molar refractivity (Wildman–Crippen MR) is 113 cm³/mol. The Labute approximate surface area is 186 Å². The monoisotopic (exact) mass is 499 g/mol. The topological polar surface area (TPSA) is 53.1 Å². The minimum absolute atomic E-state index is 0.0736. The Morgan fingerprint density at radius 1 is 0.970 bits per heavy atom. The Kier molecular flexibility index (Phi) is 5.71. The number of benzene rings is 1. The van der Waals surface area contributed by atoms with Crippen LogP contribution in [0.15, 0.2) is 29.3 Å². The maximum Gasteiger partial charge on any atom is 0.310 e. The minimum Gasteiger partial charge on any atom is -0.367 e. The van der Waals surface area contributed by atoms with Crippen LogP contribution in [0.5, 0.6) is 0 Å². The van der Waals surface area contributed by atoms with Crippen molar-refractivity contribution >= 4 is 27.7 Å². The van der Waals surface area contributed by atoms with Crippen molar-refractivity contribution in [2.24, 2.45) is 5.92 Å². The molecule has 2 aromatic rings. The van der Waals surface area contributed by atoms with Crippen molar-refractivity contribution < 1.29 is 28.2 Å². The zero-order valence-corrected chi connectivity index (χ0v) is 18.3. The lowest BCUT2D eigenvalue weighted by molar-refractivity contribution is 0.0648. The van der Waals surface area contributed by atoms with Gasteiger partial charge in [0.2, 0.25) is 5.95 Å². The lowest BCUT2D eigenvalue weighted by atomic mass is 9.83. The molecule has 2 atom stereocenters. The molecular formula is C20H24F7N5S. The van der Waals surface area contributed by atoms with E-state index in [0.717, 1.165) is 51.4 Å². The number of nitrogens with zero attached hydrogens (tertiary/aromatic N) is 3. The quantitative estimate of drug-likeness (QED) is 0.427. The highest BCUT2D eigenvalue weighted by atomic mass is 32.5. The van der Waals surface area contributed by atoms with Crippen LogP contribution in [0.25, 0.3) is 0 Å². The third-order valence-electron chi connectivity index (χ3n) is 6.08. The molecule has 33 heavy (non-hydrogen) atoms. The van der Waals surface area contributed by atoms with E-state index in [2.05, 4.69) is 25.5 Å². The number of piperidine rings is 2. The number of nitrogens with one attached hydrogen (secondary N) is 2. The van der Waals surface area contributed by atoms with E-state index in [1.165, 1.54) is 0 Å². The van der Waals surface area contributed by atoms with Gasteiger partial charge in [-0.25, -0.2) is 13.8 Å². The molecule has 2 N–H and O–H groups in total. The van der Waals surface area contributed by atoms with Crippen LogP contribution < -0.4 is 10.6 Å². The van der Waals surface area contributed by atoms with Crippen molar-refractivity contribution in [3.8, 4) is 0 Å². The molecule has 0 saturated carbocycles. The van der Waals surface area contributed by atoms with E-state index in [1.807, 2.05) is 0 Å². The fourth-order valence-electron chi connectivity index (χ4n) is 4.58. The molecule has 4 rings (SSSR count). The number of halogens is 7. The third-order valence-corrected chi connectivity index (χ3v) is 7.20. The lowest BCUT2D eigenvalue weighted by Crippen LogP contribution is -2.49. The minimum atomic E-state index is -10.1. The fourth-order valence-corrected chi connectivity index (χ4v) is 5.27. The van der Waals surface area contributed by atoms with E-state index < -0.39 is 32.4 Å². The molecule has 0 unspecified atom stereocenters. The number of aromatic nitrogens is 2. The zero-order valence-electron chi connectivity index (χ0n) is 17.5. The van der Waals surface area contributed by atoms with Gasteiger partial charge in [-0.15, -0.1) is 0 Å². The van der Waals surface area contributed by atoms with Gasteiger partial charge in [-0.1, -0.05) is 25.8 Å². The second kappa shape index (κ2) is 7.90. The normalized spacial score (nSPS) is 23.8. The number of hydrogen-bond acceptors (Lipinski definition) is 5. The summed E-state index contributed by atoms with van der Waals surface area (Å²) >= 11 is 0. The van der Waals surface area contributed by atoms with Crippen LogP contribution in [-0.4, -0.2) is 40.5 Å². The summed E-state index contributed by atoms with van der Waals surface area (Å²) < 4.78 is 93.2. The Morgan fingerprint density at radius 2 is 1.73 bits per heavy atom. The van der Waals surface area contributed by atoms with Crippen molar-refractivity contribution in [3.05, 3.63) is 36.0 Å². The standard InChI is InChI=1S/C20H24F7N5S/c21-14-8-15(10-16(9-14)33(23,24,25,26)27)30-20-29-12-17(22)19(31-20)28-11-13-4-3-7-32-6-2-1-5-18(13)32/h8-10,12-13,18H,1-7,11H2,(H2,28,29,30,31)/t13-,18+/m0/s1. The summed E-state index contributed by atoms with van der Waals surface area (Å²) in [6, 6.07) is 0.792. The molecule has 0 amide bonds. The highest BCUT2D eigenvalue weighted by Crippen LogP contribution is 3.02. The average molecular weight is 500 g/mol. The highest BCUT2D eigenvalue weighted by molar-refractivity contribution is 8.45. The Hall–Kier alpha value is -2.28. The molecular weight excluding hydrogens is 475 g/mol. The second-order valence-corrected chi connectivity index (χ2v) is 11.0. The maximum absolute atomic E-state index is 14.3. The molecule has 2 fully saturated rings. The van der Waals surface area contributed by atoms with Crippen molar-refractivity contribution in [1.82, 2.24) is 14.9 Å². The van der Waals surface area contributed by atoms with Crippen molar-refractivity contribution in [2.75, 3.05) is 30.3 Å². The first-order valence-corrected chi connectivity index (χ1v) is 12.6. The van der Waals surface area contributed by atoms with Gasteiger partial charge in [0.15, 0.2) is 11.6 Å². The zero-order chi connectivity index (χ0) is 23.9. The molecule has 0 radical (unpaired) electrons. The third kappa shape index (κ3) is 5.81. The SMILES string of the molecule is Fc1cc(Nc2ncc(F)c(NC[C@@H]3CCCN4CCCC[C@H]34)n2)cc(S(F)(F)(F)(F)F)c1. The molecule has 0 spiro atoms. The Bertz CT molecular complexity index is 1030. The first kappa shape index (κ1) is 23.9. The van der Waals surface area contributed by atoms with Crippen LogP contribution in [0.4, 0.5) is 45.7 Å². The smallest absolute Gasteiger partial charge is 0.310 e. The number of hydrogen-bond donors (Lipinski definition) is 2. The van der Waals surface area contributed by atoms with E-state index in [4.69, 9.17) is 0 Å². The van der Waals surface area contributed by atoms with Crippen molar-refractivity contribution in [1.29, 1.82) is 0 Å². The first-order chi connectivity index (χ1) is 15.3. The van der Waals surface area contributed by atoms with Gasteiger partial charge >= 0.3 is 10.2 Å². The molecule has 184 valence electrons. The molecule has 13 heteroatoms. The largest absolute Gasteiger partial charge is 0.367 e. The summed E-state index contributed by atoms with van der Waals surface area (Å²) in [6.45, 7) is 2.54. The Morgan fingerprint density at radius 3 is 2.48 bits per heavy atom. The predicted octanol–water partition coefficient (Wildman–Crippen LogP) is 6.83. The van der Waals surface area contributed by atoms with E-state index in [-0.39, 0.29) is 29.8 Å². The van der Waals surface area contributed by atoms with Gasteiger partial charge in [-0.2, -0.15) is 4.98 Å². The van der Waals surface area contributed by atoms with Crippen LogP contribution in [0.2, 0.25) is 0 Å². The fraction of sp³-hybridized carbons (Fsp3) is 0.500. The van der Waals surface area contributed by atoms with Crippen molar-refractivity contribution in [3.63, 3.8) is 0 Å². The van der Waals surface area contributed by atoms with E-state index >= 15 is 0 Å². The Balaban J connectivity index is 1.50. The van der Waals surface area contributed by atoms with Crippen molar-refractivity contribution in [2.45, 2.75) is 43.0 Å². The highest BCUT2D eigenvalue weighted by Gasteiger charge is 2.65. The summed E-state index contributed by atoms with van der Waals surface area (Å²) in [4.78, 5) is 7.60. The van der Waals surface area contributed by atoms with Crippen LogP contribution in [0.1, 0.15) is 32.1 Å². The molecule has 5 nitrogen and oxygen atoms in total. The summed E-state index contributed by atoms with van der Waals surface area (Å²) in [5.41, 5.74) is -0.638. The van der Waals surface area contributed by atoms with E-state index in [1.54, 1.807) is 0 Å². The van der Waals surface area contributed by atoms with Gasteiger partial charge in [0, 0.05) is 18.3 Å². The number of fused-ring (bicyclic) bond motifs is 1. The summed E-state index contributed by atoms with van der Waals surface area (Å²) in [7, 11) is -10.1. The van der Waals surface area contributed by atoms with E-state index in [9.17, 15) is 28.2 Å². The molecule has 2 saturated heterocycles. The molecule has 0 bridgehead atoms. The van der Waals surface area contributed by atoms with Gasteiger partial charge in [-0.05, 0) is 62.9 Å². The second-order valence-electron chi connectivity index (χ2n) is 8.54. The van der Waals surface area contributed by atoms with Gasteiger partial charge in [0.05, 0.1) is 6.20 Å². The van der Waals surface area contributed by atoms with E-state index in [0.29, 0.717) is 18.7 Å². The molecule has 2 aliphatic heterocycles. The van der Waals surface area contributed by atoms with Gasteiger partial charge < -0.3 is 15.5 Å². The summed E-state index contributed by atoms with van der Waals surface area (Å²) in [5, 5.41) is 5.19. The number of anilines is 3. The maximum atomic E-state index is 14.3. The molecule has 1 aromatic carbocycles. The van der Waals surface area contributed by atoms with Gasteiger partial charge in [-0.3, -0.25) is 0 Å². The molecule has 3 heterocycles. The lowest BCUT2D eigenvalue weighted by Gasteiger charge is -2.44. The molecule has 2 aliphatic rings. The first-order valence-electron chi connectivity index (χ1n) is 10.6. The van der Waals surface area contributed by atoms with Crippen LogP contribution in [0, 0.1) is 17.6 Å². The van der Waals surface area contributed by atoms with Gasteiger partial charge in [0.25, 0.3) is 0 Å². The summed E-state index contributed by atoms with van der Waals surface area (Å²) in [5.74, 6) is -2.54. The number of rotatable bonds is 6. The van der Waals surface area contributed by atoms with Crippen LogP contribution in [0.3, 0.4) is 0 Å². The summed E-state index contributed by atoms with van der Waals surface area (Å²) in [6.07, 6.45) is 6.19. The van der Waals surface area contributed by atoms with Crippen LogP contribution >= 0.6 is 10.2 Å². The average Bonchev–Trinajstić information content (AvgIpc) is 2.72. The van der Waals surface area contributed by atoms with Crippen LogP contribution in [-0.2, 0) is 0 Å². The van der Waals surface area contributed by atoms with Gasteiger partial charge in [0.1, 0.15) is 10.7 Å². The molecule has 1 aromatic heterocycles.